The Bertz CT molecular complexity index is 1320. The van der Waals surface area contributed by atoms with Crippen LogP contribution in [0.4, 0.5) is 8.78 Å². The number of halogens is 2. The summed E-state index contributed by atoms with van der Waals surface area (Å²) in [7, 11) is 0. The van der Waals surface area contributed by atoms with Gasteiger partial charge >= 0.3 is 5.97 Å². The third-order valence-electron chi connectivity index (χ3n) is 8.35. The maximum Gasteiger partial charge on any atom is 0.331 e. The van der Waals surface area contributed by atoms with Gasteiger partial charge in [-0.3, -0.25) is 4.90 Å². The smallest absolute Gasteiger partial charge is 0.331 e. The lowest BCUT2D eigenvalue weighted by atomic mass is 9.48. The summed E-state index contributed by atoms with van der Waals surface area (Å²) in [6, 6.07) is 10.3. The molecule has 3 saturated carbocycles. The van der Waals surface area contributed by atoms with Gasteiger partial charge in [-0.15, -0.1) is 0 Å². The maximum atomic E-state index is 15.8. The maximum absolute atomic E-state index is 15.8. The molecule has 1 aromatic heterocycles. The molecule has 3 fully saturated rings. The van der Waals surface area contributed by atoms with E-state index in [0.717, 1.165) is 60.2 Å². The molecule has 0 unspecified atom stereocenters. The molecule has 6 heteroatoms. The highest BCUT2D eigenvalue weighted by Gasteiger charge is 2.63. The number of benzene rings is 2. The quantitative estimate of drug-likeness (QED) is 0.443. The third-order valence-corrected chi connectivity index (χ3v) is 8.35. The average molecular weight is 463 g/mol. The molecule has 3 aromatic rings. The number of carbonyl (C=O) groups is 1. The molecule has 0 radical (unpaired) electrons. The van der Waals surface area contributed by atoms with Gasteiger partial charge in [0.1, 0.15) is 11.6 Å². The summed E-state index contributed by atoms with van der Waals surface area (Å²) < 4.78 is 31.5. The lowest BCUT2D eigenvalue weighted by Crippen LogP contribution is -2.71. The van der Waals surface area contributed by atoms with Crippen LogP contribution in [-0.4, -0.2) is 32.5 Å². The van der Waals surface area contributed by atoms with Gasteiger partial charge in [0.15, 0.2) is 0 Å². The molecule has 1 aliphatic heterocycles. The van der Waals surface area contributed by atoms with Crippen molar-refractivity contribution < 1.29 is 18.7 Å². The summed E-state index contributed by atoms with van der Waals surface area (Å²) in [5, 5.41) is 10.3. The SMILES string of the molecule is CC[C@H]1Cc2c([nH]c3ccccc23)[C@H](c2c(F)cc(/C=C(\C)C(=O)O)cc2F)N1C12CC(C1)C2. The molecule has 2 aromatic carbocycles. The predicted molar refractivity (Wildman–Crippen MR) is 127 cm³/mol. The normalized spacial score (nSPS) is 28.4. The first-order valence-electron chi connectivity index (χ1n) is 12.1. The van der Waals surface area contributed by atoms with Crippen LogP contribution < -0.4 is 0 Å². The molecule has 34 heavy (non-hydrogen) atoms. The molecule has 2 heterocycles. The van der Waals surface area contributed by atoms with E-state index in [1.165, 1.54) is 25.1 Å². The molecule has 4 aliphatic rings. The van der Waals surface area contributed by atoms with Gasteiger partial charge in [0.25, 0.3) is 0 Å². The number of nitrogens with zero attached hydrogens (tertiary/aromatic N) is 1. The number of nitrogens with one attached hydrogen (secondary N) is 1. The van der Waals surface area contributed by atoms with E-state index in [1.54, 1.807) is 0 Å². The number of aromatic nitrogens is 1. The van der Waals surface area contributed by atoms with Crippen LogP contribution in [0.1, 0.15) is 68.0 Å². The molecule has 4 nitrogen and oxygen atoms in total. The average Bonchev–Trinajstić information content (AvgIpc) is 3.10. The number of fused-ring (bicyclic) bond motifs is 3. The fraction of sp³-hybridized carbons (Fsp3) is 0.393. The summed E-state index contributed by atoms with van der Waals surface area (Å²) in [5.41, 5.74) is 3.35. The second-order valence-electron chi connectivity index (χ2n) is 10.4. The van der Waals surface area contributed by atoms with Crippen LogP contribution >= 0.6 is 0 Å². The van der Waals surface area contributed by atoms with E-state index in [0.29, 0.717) is 0 Å². The van der Waals surface area contributed by atoms with Crippen LogP contribution in [0.5, 0.6) is 0 Å². The summed E-state index contributed by atoms with van der Waals surface area (Å²) in [6.07, 6.45) is 6.36. The van der Waals surface area contributed by atoms with Crippen molar-refractivity contribution in [2.24, 2.45) is 5.92 Å². The standard InChI is InChI=1S/C28H28F2N2O2/c1-3-18-11-20-19-6-4-5-7-23(19)31-25(20)26(32(18)28-12-17(13-28)14-28)24-21(29)9-16(10-22(24)30)8-15(2)27(33)34/h4-10,17-18,26,31H,3,11-14H2,1-2H3,(H,33,34)/b15-8+/t17?,18-,26-,28?/m0/s1. The Morgan fingerprint density at radius 3 is 2.47 bits per heavy atom. The highest BCUT2D eigenvalue weighted by atomic mass is 19.1. The first-order chi connectivity index (χ1) is 16.3. The molecule has 0 spiro atoms. The van der Waals surface area contributed by atoms with Crippen molar-refractivity contribution in [2.45, 2.75) is 63.6 Å². The zero-order chi connectivity index (χ0) is 23.8. The van der Waals surface area contributed by atoms with Crippen molar-refractivity contribution in [3.63, 3.8) is 0 Å². The molecule has 2 atom stereocenters. The zero-order valence-corrected chi connectivity index (χ0v) is 19.4. The van der Waals surface area contributed by atoms with Crippen molar-refractivity contribution >= 4 is 22.9 Å². The van der Waals surface area contributed by atoms with Crippen LogP contribution in [0.25, 0.3) is 17.0 Å². The molecule has 176 valence electrons. The van der Waals surface area contributed by atoms with Gasteiger partial charge in [0.2, 0.25) is 0 Å². The summed E-state index contributed by atoms with van der Waals surface area (Å²) in [4.78, 5) is 17.2. The lowest BCUT2D eigenvalue weighted by Gasteiger charge is -2.70. The van der Waals surface area contributed by atoms with Crippen LogP contribution in [0.2, 0.25) is 0 Å². The number of H-pyrrole nitrogens is 1. The van der Waals surface area contributed by atoms with Crippen LogP contribution in [0, 0.1) is 17.6 Å². The van der Waals surface area contributed by atoms with Gasteiger partial charge in [0, 0.05) is 39.3 Å². The highest BCUT2D eigenvalue weighted by Crippen LogP contribution is 2.64. The van der Waals surface area contributed by atoms with E-state index in [9.17, 15) is 9.90 Å². The summed E-state index contributed by atoms with van der Waals surface area (Å²) in [6.45, 7) is 3.58. The molecule has 7 rings (SSSR count). The van der Waals surface area contributed by atoms with Crippen molar-refractivity contribution in [3.8, 4) is 0 Å². The Morgan fingerprint density at radius 2 is 1.88 bits per heavy atom. The number of carboxylic acid groups (broad SMARTS) is 1. The number of hydrogen-bond acceptors (Lipinski definition) is 2. The Kier molecular flexibility index (Phi) is 4.75. The van der Waals surface area contributed by atoms with E-state index < -0.39 is 23.6 Å². The minimum atomic E-state index is -1.11. The fourth-order valence-corrected chi connectivity index (χ4v) is 6.65. The monoisotopic (exact) mass is 462 g/mol. The first-order valence-corrected chi connectivity index (χ1v) is 12.1. The minimum Gasteiger partial charge on any atom is -0.478 e. The van der Waals surface area contributed by atoms with Crippen molar-refractivity contribution in [3.05, 3.63) is 76.0 Å². The lowest BCUT2D eigenvalue weighted by molar-refractivity contribution is -0.177. The summed E-state index contributed by atoms with van der Waals surface area (Å²) >= 11 is 0. The zero-order valence-electron chi connectivity index (χ0n) is 19.4. The Morgan fingerprint density at radius 1 is 1.21 bits per heavy atom. The molecule has 0 amide bonds. The van der Waals surface area contributed by atoms with Crippen LogP contribution in [0.15, 0.2) is 42.0 Å². The van der Waals surface area contributed by atoms with Gasteiger partial charge in [-0.1, -0.05) is 25.1 Å². The van der Waals surface area contributed by atoms with E-state index in [-0.39, 0.29) is 28.3 Å². The fourth-order valence-electron chi connectivity index (χ4n) is 6.65. The van der Waals surface area contributed by atoms with Crippen molar-refractivity contribution in [2.75, 3.05) is 0 Å². The molecule has 2 bridgehead atoms. The highest BCUT2D eigenvalue weighted by molar-refractivity contribution is 5.91. The van der Waals surface area contributed by atoms with Gasteiger partial charge in [-0.2, -0.15) is 0 Å². The topological polar surface area (TPSA) is 56.3 Å². The number of aromatic amines is 1. The van der Waals surface area contributed by atoms with Crippen molar-refractivity contribution in [1.29, 1.82) is 0 Å². The molecular formula is C28H28F2N2O2. The molecule has 2 N–H and O–H groups in total. The van der Waals surface area contributed by atoms with E-state index >= 15 is 8.78 Å². The van der Waals surface area contributed by atoms with Crippen LogP contribution in [-0.2, 0) is 11.2 Å². The second kappa shape index (κ2) is 7.51. The second-order valence-corrected chi connectivity index (χ2v) is 10.4. The van der Waals surface area contributed by atoms with E-state index in [2.05, 4.69) is 22.9 Å². The number of aliphatic carboxylic acids is 1. The Balaban J connectivity index is 1.56. The summed E-state index contributed by atoms with van der Waals surface area (Å²) in [5.74, 6) is -1.64. The Labute approximate surface area is 197 Å². The van der Waals surface area contributed by atoms with Crippen molar-refractivity contribution in [1.82, 2.24) is 9.88 Å². The molecular weight excluding hydrogens is 434 g/mol. The van der Waals surface area contributed by atoms with Crippen LogP contribution in [0.3, 0.4) is 0 Å². The molecule has 0 saturated heterocycles. The number of para-hydroxylation sites is 1. The Hall–Kier alpha value is -2.99. The predicted octanol–water partition coefficient (Wildman–Crippen LogP) is 6.21. The van der Waals surface area contributed by atoms with Gasteiger partial charge in [-0.25, -0.2) is 13.6 Å². The third kappa shape index (κ3) is 3.01. The number of carboxylic acids is 1. The largest absolute Gasteiger partial charge is 0.478 e. The van der Waals surface area contributed by atoms with Gasteiger partial charge in [0.05, 0.1) is 6.04 Å². The minimum absolute atomic E-state index is 0.0162. The number of rotatable bonds is 5. The first kappa shape index (κ1) is 21.5. The van der Waals surface area contributed by atoms with E-state index in [4.69, 9.17) is 0 Å². The molecule has 3 aliphatic carbocycles. The van der Waals surface area contributed by atoms with Gasteiger partial charge < -0.3 is 10.1 Å². The number of hydrogen-bond donors (Lipinski definition) is 2. The van der Waals surface area contributed by atoms with Gasteiger partial charge in [-0.05, 0) is 80.3 Å². The van der Waals surface area contributed by atoms with E-state index in [1.807, 2.05) is 18.2 Å².